The van der Waals surface area contributed by atoms with Gasteiger partial charge in [-0.25, -0.2) is 0 Å². The van der Waals surface area contributed by atoms with Gasteiger partial charge in [-0.1, -0.05) is 17.7 Å². The summed E-state index contributed by atoms with van der Waals surface area (Å²) in [5.41, 5.74) is 1.19. The van der Waals surface area contributed by atoms with Crippen molar-refractivity contribution < 1.29 is 9.53 Å². The quantitative estimate of drug-likeness (QED) is 0.855. The molecule has 1 saturated heterocycles. The summed E-state index contributed by atoms with van der Waals surface area (Å²) in [6, 6.07) is 8.43. The average molecular weight is 353 g/mol. The number of halogens is 1. The van der Waals surface area contributed by atoms with E-state index in [0.29, 0.717) is 6.04 Å². The van der Waals surface area contributed by atoms with Crippen LogP contribution in [0, 0.1) is 12.8 Å². The van der Waals surface area contributed by atoms with Crippen molar-refractivity contribution >= 4 is 18.3 Å². The van der Waals surface area contributed by atoms with Crippen molar-refractivity contribution in [1.82, 2.24) is 10.2 Å². The van der Waals surface area contributed by atoms with E-state index < -0.39 is 6.10 Å². The molecule has 1 aliphatic heterocycles. The fourth-order valence-corrected chi connectivity index (χ4v) is 3.09. The lowest BCUT2D eigenvalue weighted by Gasteiger charge is -2.34. The summed E-state index contributed by atoms with van der Waals surface area (Å²) in [6.07, 6.45) is 4.45. The van der Waals surface area contributed by atoms with Crippen molar-refractivity contribution in [2.45, 2.75) is 51.7 Å². The van der Waals surface area contributed by atoms with Crippen LogP contribution in [0.1, 0.15) is 38.2 Å². The van der Waals surface area contributed by atoms with Crippen molar-refractivity contribution in [3.8, 4) is 5.75 Å². The van der Waals surface area contributed by atoms with Crippen LogP contribution in [0.25, 0.3) is 0 Å². The number of ether oxygens (including phenoxy) is 1. The van der Waals surface area contributed by atoms with Crippen molar-refractivity contribution in [1.29, 1.82) is 0 Å². The number of benzene rings is 1. The van der Waals surface area contributed by atoms with Gasteiger partial charge in [0.05, 0.1) is 0 Å². The first kappa shape index (κ1) is 19.1. The second kappa shape index (κ2) is 8.72. The molecule has 3 rings (SSSR count). The molecule has 1 amide bonds. The molecule has 1 aromatic carbocycles. The van der Waals surface area contributed by atoms with Crippen molar-refractivity contribution in [3.63, 3.8) is 0 Å². The number of aryl methyl sites for hydroxylation is 1. The highest BCUT2D eigenvalue weighted by atomic mass is 35.5. The molecule has 24 heavy (non-hydrogen) atoms. The van der Waals surface area contributed by atoms with E-state index in [9.17, 15) is 4.79 Å². The fourth-order valence-electron chi connectivity index (χ4n) is 3.09. The van der Waals surface area contributed by atoms with E-state index in [1.54, 1.807) is 0 Å². The third-order valence-corrected chi connectivity index (χ3v) is 4.88. The topological polar surface area (TPSA) is 41.6 Å². The molecule has 0 bridgehead atoms. The monoisotopic (exact) mass is 352 g/mol. The molecule has 1 atom stereocenters. The SMILES string of the molecule is Cc1ccc(OC(C)C(=O)N2CCC(NCC3CC3)CC2)cc1.Cl. The zero-order chi connectivity index (χ0) is 16.2. The minimum Gasteiger partial charge on any atom is -0.481 e. The number of nitrogens with zero attached hydrogens (tertiary/aromatic N) is 1. The van der Waals surface area contributed by atoms with Gasteiger partial charge in [0.15, 0.2) is 6.10 Å². The molecule has 2 fully saturated rings. The van der Waals surface area contributed by atoms with Gasteiger partial charge >= 0.3 is 0 Å². The zero-order valence-corrected chi connectivity index (χ0v) is 15.5. The lowest BCUT2D eigenvalue weighted by atomic mass is 10.0. The third kappa shape index (κ3) is 5.38. The van der Waals surface area contributed by atoms with Crippen LogP contribution in [0.5, 0.6) is 5.75 Å². The number of hydrogen-bond acceptors (Lipinski definition) is 3. The van der Waals surface area contributed by atoms with Gasteiger partial charge in [-0.3, -0.25) is 4.79 Å². The van der Waals surface area contributed by atoms with E-state index in [1.807, 2.05) is 43.0 Å². The molecule has 2 aliphatic rings. The smallest absolute Gasteiger partial charge is 0.263 e. The first-order valence-corrected chi connectivity index (χ1v) is 8.87. The first-order valence-electron chi connectivity index (χ1n) is 8.87. The lowest BCUT2D eigenvalue weighted by Crippen LogP contribution is -2.48. The van der Waals surface area contributed by atoms with Gasteiger partial charge in [0.25, 0.3) is 5.91 Å². The molecule has 0 spiro atoms. The van der Waals surface area contributed by atoms with E-state index in [4.69, 9.17) is 4.74 Å². The first-order chi connectivity index (χ1) is 11.1. The number of likely N-dealkylation sites (tertiary alicyclic amines) is 1. The molecule has 1 aromatic rings. The standard InChI is InChI=1S/C19H28N2O2.ClH/c1-14-3-7-18(8-4-14)23-15(2)19(22)21-11-9-17(10-12-21)20-13-16-5-6-16;/h3-4,7-8,15-17,20H,5-6,9-13H2,1-2H3;1H. The van der Waals surface area contributed by atoms with Crippen LogP contribution in [0.4, 0.5) is 0 Å². The molecular formula is C19H29ClN2O2. The number of carbonyl (C=O) groups excluding carboxylic acids is 1. The van der Waals surface area contributed by atoms with Gasteiger partial charge < -0.3 is 15.0 Å². The van der Waals surface area contributed by atoms with Crippen LogP contribution in [0.15, 0.2) is 24.3 Å². The van der Waals surface area contributed by atoms with E-state index in [2.05, 4.69) is 5.32 Å². The summed E-state index contributed by atoms with van der Waals surface area (Å²) in [5.74, 6) is 1.78. The number of nitrogens with one attached hydrogen (secondary N) is 1. The Bertz CT molecular complexity index is 523. The highest BCUT2D eigenvalue weighted by Crippen LogP contribution is 2.28. The minimum absolute atomic E-state index is 0. The van der Waals surface area contributed by atoms with Crippen LogP contribution in [-0.2, 0) is 4.79 Å². The van der Waals surface area contributed by atoms with Gasteiger partial charge in [0.1, 0.15) is 5.75 Å². The zero-order valence-electron chi connectivity index (χ0n) is 14.7. The summed E-state index contributed by atoms with van der Waals surface area (Å²) in [4.78, 5) is 14.5. The third-order valence-electron chi connectivity index (χ3n) is 4.88. The number of rotatable bonds is 6. The van der Waals surface area contributed by atoms with Gasteiger partial charge in [-0.15, -0.1) is 12.4 Å². The molecular weight excluding hydrogens is 324 g/mol. The fraction of sp³-hybridized carbons (Fsp3) is 0.632. The van der Waals surface area contributed by atoms with Crippen LogP contribution < -0.4 is 10.1 Å². The molecule has 1 aliphatic carbocycles. The number of carbonyl (C=O) groups is 1. The van der Waals surface area contributed by atoms with Gasteiger partial charge in [-0.2, -0.15) is 0 Å². The minimum atomic E-state index is -0.423. The van der Waals surface area contributed by atoms with E-state index >= 15 is 0 Å². The average Bonchev–Trinajstić information content (AvgIpc) is 3.39. The van der Waals surface area contributed by atoms with E-state index in [-0.39, 0.29) is 18.3 Å². The highest BCUT2D eigenvalue weighted by molar-refractivity contribution is 5.85. The van der Waals surface area contributed by atoms with Crippen LogP contribution in [-0.4, -0.2) is 42.6 Å². The summed E-state index contributed by atoms with van der Waals surface area (Å²) in [5, 5.41) is 3.65. The van der Waals surface area contributed by atoms with Crippen molar-refractivity contribution in [3.05, 3.63) is 29.8 Å². The molecule has 0 aromatic heterocycles. The normalized spacial score (nSPS) is 19.5. The maximum absolute atomic E-state index is 12.5. The molecule has 0 radical (unpaired) electrons. The second-order valence-electron chi connectivity index (χ2n) is 7.02. The molecule has 1 N–H and O–H groups in total. The molecule has 134 valence electrons. The molecule has 4 nitrogen and oxygen atoms in total. The lowest BCUT2D eigenvalue weighted by molar-refractivity contribution is -0.139. The Morgan fingerprint density at radius 3 is 2.42 bits per heavy atom. The predicted molar refractivity (Wildman–Crippen MR) is 98.8 cm³/mol. The van der Waals surface area contributed by atoms with E-state index in [1.165, 1.54) is 18.4 Å². The Hall–Kier alpha value is -1.26. The van der Waals surface area contributed by atoms with Gasteiger partial charge in [-0.05, 0) is 64.1 Å². The summed E-state index contributed by atoms with van der Waals surface area (Å²) in [6.45, 7) is 6.72. The number of piperidine rings is 1. The summed E-state index contributed by atoms with van der Waals surface area (Å²) < 4.78 is 5.79. The van der Waals surface area contributed by atoms with Gasteiger partial charge in [0.2, 0.25) is 0 Å². The number of hydrogen-bond donors (Lipinski definition) is 1. The maximum Gasteiger partial charge on any atom is 0.263 e. The van der Waals surface area contributed by atoms with Crippen molar-refractivity contribution in [2.24, 2.45) is 5.92 Å². The molecule has 1 saturated carbocycles. The van der Waals surface area contributed by atoms with Crippen LogP contribution >= 0.6 is 12.4 Å². The van der Waals surface area contributed by atoms with Gasteiger partial charge in [0, 0.05) is 19.1 Å². The molecule has 1 heterocycles. The maximum atomic E-state index is 12.5. The van der Waals surface area contributed by atoms with Crippen LogP contribution in [0.2, 0.25) is 0 Å². The van der Waals surface area contributed by atoms with E-state index in [0.717, 1.165) is 44.1 Å². The molecule has 5 heteroatoms. The Kier molecular flexibility index (Phi) is 6.93. The van der Waals surface area contributed by atoms with Crippen LogP contribution in [0.3, 0.4) is 0 Å². The molecule has 1 unspecified atom stereocenters. The Balaban J connectivity index is 0.00000208. The Labute approximate surface area is 151 Å². The predicted octanol–water partition coefficient (Wildman–Crippen LogP) is 3.17. The largest absolute Gasteiger partial charge is 0.481 e. The highest BCUT2D eigenvalue weighted by Gasteiger charge is 2.28. The Morgan fingerprint density at radius 2 is 1.83 bits per heavy atom. The summed E-state index contributed by atoms with van der Waals surface area (Å²) in [7, 11) is 0. The Morgan fingerprint density at radius 1 is 1.21 bits per heavy atom. The van der Waals surface area contributed by atoms with Crippen molar-refractivity contribution in [2.75, 3.05) is 19.6 Å². The summed E-state index contributed by atoms with van der Waals surface area (Å²) >= 11 is 0. The second-order valence-corrected chi connectivity index (χ2v) is 7.02. The number of amides is 1.